The Morgan fingerprint density at radius 3 is 2.83 bits per heavy atom. The van der Waals surface area contributed by atoms with E-state index in [0.717, 1.165) is 48.8 Å². The van der Waals surface area contributed by atoms with Crippen LogP contribution in [0.15, 0.2) is 24.3 Å². The molecule has 23 heavy (non-hydrogen) atoms. The summed E-state index contributed by atoms with van der Waals surface area (Å²) in [6, 6.07) is 7.91. The first-order valence-corrected chi connectivity index (χ1v) is 8.54. The normalized spacial score (nSPS) is 16.7. The summed E-state index contributed by atoms with van der Waals surface area (Å²) in [4.78, 5) is 19.6. The Morgan fingerprint density at radius 2 is 2.13 bits per heavy atom. The standard InChI is InChI=1S/C18H22ClN3O/c1-3-13-11-12-5-4-6-15(19)16(12)17(20-13)18(23)21-14-7-9-22(2)10-8-14/h4-6,11,14H,3,7-10H2,1-2H3,(H,21,23). The number of rotatable bonds is 3. The van der Waals surface area contributed by atoms with Gasteiger partial charge in [-0.3, -0.25) is 4.79 Å². The lowest BCUT2D eigenvalue weighted by Gasteiger charge is -2.29. The molecule has 0 radical (unpaired) electrons. The fourth-order valence-corrected chi connectivity index (χ4v) is 3.35. The molecule has 0 spiro atoms. The van der Waals surface area contributed by atoms with Gasteiger partial charge in [-0.2, -0.15) is 0 Å². The lowest BCUT2D eigenvalue weighted by Crippen LogP contribution is -2.43. The van der Waals surface area contributed by atoms with Gasteiger partial charge in [0, 0.05) is 17.1 Å². The SMILES string of the molecule is CCc1cc2cccc(Cl)c2c(C(=O)NC2CCN(C)CC2)n1. The predicted molar refractivity (Wildman–Crippen MR) is 94.1 cm³/mol. The lowest BCUT2D eigenvalue weighted by molar-refractivity contribution is 0.0913. The fourth-order valence-electron chi connectivity index (χ4n) is 3.07. The largest absolute Gasteiger partial charge is 0.348 e. The highest BCUT2D eigenvalue weighted by molar-refractivity contribution is 6.36. The van der Waals surface area contributed by atoms with Crippen molar-refractivity contribution in [3.63, 3.8) is 0 Å². The van der Waals surface area contributed by atoms with Gasteiger partial charge >= 0.3 is 0 Å². The highest BCUT2D eigenvalue weighted by atomic mass is 35.5. The molecule has 0 atom stereocenters. The molecule has 4 nitrogen and oxygen atoms in total. The summed E-state index contributed by atoms with van der Waals surface area (Å²) in [5.74, 6) is -0.118. The van der Waals surface area contributed by atoms with Crippen LogP contribution in [-0.2, 0) is 6.42 Å². The fraction of sp³-hybridized carbons (Fsp3) is 0.444. The Labute approximate surface area is 141 Å². The van der Waals surface area contributed by atoms with E-state index < -0.39 is 0 Å². The van der Waals surface area contributed by atoms with Crippen LogP contribution in [0.3, 0.4) is 0 Å². The van der Waals surface area contributed by atoms with Gasteiger partial charge in [0.05, 0.1) is 5.02 Å². The minimum absolute atomic E-state index is 0.118. The molecule has 1 aliphatic rings. The molecule has 0 saturated carbocycles. The molecule has 2 heterocycles. The zero-order valence-electron chi connectivity index (χ0n) is 13.6. The molecule has 1 N–H and O–H groups in total. The number of carbonyl (C=O) groups is 1. The Morgan fingerprint density at radius 1 is 1.39 bits per heavy atom. The molecule has 1 saturated heterocycles. The number of nitrogens with zero attached hydrogens (tertiary/aromatic N) is 2. The number of pyridine rings is 1. The van der Waals surface area contributed by atoms with E-state index in [1.807, 2.05) is 31.2 Å². The van der Waals surface area contributed by atoms with Gasteiger partial charge in [0.15, 0.2) is 0 Å². The molecule has 1 aliphatic heterocycles. The third-order valence-electron chi connectivity index (χ3n) is 4.49. The van der Waals surface area contributed by atoms with Crippen molar-refractivity contribution in [2.45, 2.75) is 32.2 Å². The molecule has 1 aromatic carbocycles. The van der Waals surface area contributed by atoms with E-state index in [0.29, 0.717) is 10.7 Å². The second kappa shape index (κ2) is 6.85. The van der Waals surface area contributed by atoms with Gasteiger partial charge in [-0.15, -0.1) is 0 Å². The van der Waals surface area contributed by atoms with Gasteiger partial charge in [-0.1, -0.05) is 30.7 Å². The average molecular weight is 332 g/mol. The van der Waals surface area contributed by atoms with Gasteiger partial charge in [-0.25, -0.2) is 4.98 Å². The van der Waals surface area contributed by atoms with Crippen molar-refractivity contribution in [1.29, 1.82) is 0 Å². The maximum absolute atomic E-state index is 12.8. The van der Waals surface area contributed by atoms with Crippen molar-refractivity contribution < 1.29 is 4.79 Å². The van der Waals surface area contributed by atoms with E-state index in [1.165, 1.54) is 0 Å². The van der Waals surface area contributed by atoms with Crippen LogP contribution in [-0.4, -0.2) is 42.0 Å². The summed E-state index contributed by atoms with van der Waals surface area (Å²) in [5.41, 5.74) is 1.36. The van der Waals surface area contributed by atoms with Gasteiger partial charge in [0.25, 0.3) is 5.91 Å². The van der Waals surface area contributed by atoms with Crippen molar-refractivity contribution in [1.82, 2.24) is 15.2 Å². The van der Waals surface area contributed by atoms with Crippen molar-refractivity contribution in [2.75, 3.05) is 20.1 Å². The van der Waals surface area contributed by atoms with Crippen LogP contribution in [0.4, 0.5) is 0 Å². The summed E-state index contributed by atoms with van der Waals surface area (Å²) in [6.45, 7) is 4.06. The Balaban J connectivity index is 1.93. The number of piperidine rings is 1. The predicted octanol–water partition coefficient (Wildman–Crippen LogP) is 3.27. The lowest BCUT2D eigenvalue weighted by atomic mass is 10.0. The number of carbonyl (C=O) groups excluding carboxylic acids is 1. The van der Waals surface area contributed by atoms with E-state index in [4.69, 9.17) is 11.6 Å². The van der Waals surface area contributed by atoms with Crippen LogP contribution in [0.1, 0.15) is 35.9 Å². The molecule has 1 aromatic heterocycles. The zero-order valence-corrected chi connectivity index (χ0v) is 14.4. The monoisotopic (exact) mass is 331 g/mol. The molecule has 0 aliphatic carbocycles. The third kappa shape index (κ3) is 3.48. The minimum atomic E-state index is -0.118. The number of halogens is 1. The molecular weight excluding hydrogens is 310 g/mol. The highest BCUT2D eigenvalue weighted by Crippen LogP contribution is 2.27. The molecule has 1 fully saturated rings. The minimum Gasteiger partial charge on any atom is -0.348 e. The molecule has 1 amide bonds. The van der Waals surface area contributed by atoms with Gasteiger partial charge in [0.1, 0.15) is 5.69 Å². The van der Waals surface area contributed by atoms with E-state index >= 15 is 0 Å². The van der Waals surface area contributed by atoms with E-state index in [-0.39, 0.29) is 11.9 Å². The van der Waals surface area contributed by atoms with Crippen molar-refractivity contribution in [2.24, 2.45) is 0 Å². The number of hydrogen-bond acceptors (Lipinski definition) is 3. The number of benzene rings is 1. The van der Waals surface area contributed by atoms with Gasteiger partial charge in [0.2, 0.25) is 0 Å². The number of nitrogens with one attached hydrogen (secondary N) is 1. The van der Waals surface area contributed by atoms with Crippen LogP contribution in [0.2, 0.25) is 5.02 Å². The zero-order chi connectivity index (χ0) is 16.4. The number of aromatic nitrogens is 1. The van der Waals surface area contributed by atoms with E-state index in [2.05, 4.69) is 22.2 Å². The molecule has 122 valence electrons. The number of aryl methyl sites for hydroxylation is 1. The van der Waals surface area contributed by atoms with Crippen LogP contribution in [0.25, 0.3) is 10.8 Å². The second-order valence-corrected chi connectivity index (χ2v) is 6.61. The number of hydrogen-bond donors (Lipinski definition) is 1. The molecule has 0 bridgehead atoms. The molecule has 0 unspecified atom stereocenters. The van der Waals surface area contributed by atoms with Crippen molar-refractivity contribution in [3.05, 3.63) is 40.7 Å². The smallest absolute Gasteiger partial charge is 0.270 e. The van der Waals surface area contributed by atoms with Crippen molar-refractivity contribution in [3.8, 4) is 0 Å². The summed E-state index contributed by atoms with van der Waals surface area (Å²) in [5, 5.41) is 5.43. The molecule has 3 rings (SSSR count). The van der Waals surface area contributed by atoms with Crippen LogP contribution in [0.5, 0.6) is 0 Å². The van der Waals surface area contributed by atoms with E-state index in [9.17, 15) is 4.79 Å². The quantitative estimate of drug-likeness (QED) is 0.938. The Bertz CT molecular complexity index is 724. The van der Waals surface area contributed by atoms with Gasteiger partial charge in [-0.05, 0) is 56.9 Å². The first-order chi connectivity index (χ1) is 11.1. The summed E-state index contributed by atoms with van der Waals surface area (Å²) < 4.78 is 0. The molecule has 2 aromatic rings. The van der Waals surface area contributed by atoms with Crippen LogP contribution < -0.4 is 5.32 Å². The van der Waals surface area contributed by atoms with Crippen LogP contribution >= 0.6 is 11.6 Å². The highest BCUT2D eigenvalue weighted by Gasteiger charge is 2.22. The first-order valence-electron chi connectivity index (χ1n) is 8.16. The topological polar surface area (TPSA) is 45.2 Å². The number of fused-ring (bicyclic) bond motifs is 1. The summed E-state index contributed by atoms with van der Waals surface area (Å²) >= 11 is 6.34. The van der Waals surface area contributed by atoms with Crippen LogP contribution in [0, 0.1) is 0 Å². The number of amides is 1. The Hall–Kier alpha value is -1.65. The summed E-state index contributed by atoms with van der Waals surface area (Å²) in [6.07, 6.45) is 2.74. The Kier molecular flexibility index (Phi) is 4.83. The third-order valence-corrected chi connectivity index (χ3v) is 4.81. The maximum Gasteiger partial charge on any atom is 0.270 e. The van der Waals surface area contributed by atoms with E-state index in [1.54, 1.807) is 0 Å². The number of likely N-dealkylation sites (tertiary alicyclic amines) is 1. The first kappa shape index (κ1) is 16.2. The average Bonchev–Trinajstić information content (AvgIpc) is 2.56. The molecular formula is C18H22ClN3O. The summed E-state index contributed by atoms with van der Waals surface area (Å²) in [7, 11) is 2.11. The maximum atomic E-state index is 12.8. The second-order valence-electron chi connectivity index (χ2n) is 6.20. The van der Waals surface area contributed by atoms with Gasteiger partial charge < -0.3 is 10.2 Å². The molecule has 5 heteroatoms. The van der Waals surface area contributed by atoms with Crippen molar-refractivity contribution >= 4 is 28.3 Å².